The zero-order chi connectivity index (χ0) is 15.4. The van der Waals surface area contributed by atoms with Gasteiger partial charge in [-0.25, -0.2) is 4.79 Å². The zero-order valence-electron chi connectivity index (χ0n) is 11.6. The number of amides is 1. The highest BCUT2D eigenvalue weighted by atomic mass is 32.1. The van der Waals surface area contributed by atoms with E-state index >= 15 is 0 Å². The van der Waals surface area contributed by atoms with Crippen molar-refractivity contribution < 1.29 is 14.3 Å². The van der Waals surface area contributed by atoms with Gasteiger partial charge in [-0.15, -0.1) is 11.3 Å². The number of carbonyl (C=O) groups is 2. The fourth-order valence-electron chi connectivity index (χ4n) is 2.06. The molecule has 4 nitrogen and oxygen atoms in total. The van der Waals surface area contributed by atoms with E-state index in [1.54, 1.807) is 17.5 Å². The molecule has 0 aliphatic rings. The highest BCUT2D eigenvalue weighted by Crippen LogP contribution is 2.18. The lowest BCUT2D eigenvalue weighted by Gasteiger charge is -2.07. The molecule has 0 saturated carbocycles. The number of rotatable bonds is 4. The summed E-state index contributed by atoms with van der Waals surface area (Å²) in [6, 6.07) is 16.9. The normalized spacial score (nSPS) is 10.4. The minimum absolute atomic E-state index is 0.302. The van der Waals surface area contributed by atoms with Crippen LogP contribution in [0.4, 0.5) is 5.69 Å². The summed E-state index contributed by atoms with van der Waals surface area (Å²) in [5.41, 5.74) is 0.677. The van der Waals surface area contributed by atoms with E-state index in [0.717, 1.165) is 10.8 Å². The Morgan fingerprint density at radius 3 is 2.59 bits per heavy atom. The van der Waals surface area contributed by atoms with Crippen LogP contribution in [0, 0.1) is 0 Å². The second kappa shape index (κ2) is 6.41. The van der Waals surface area contributed by atoms with E-state index in [9.17, 15) is 9.59 Å². The van der Waals surface area contributed by atoms with Crippen LogP contribution in [0.3, 0.4) is 0 Å². The van der Waals surface area contributed by atoms with Crippen molar-refractivity contribution in [2.45, 2.75) is 0 Å². The van der Waals surface area contributed by atoms with E-state index in [-0.39, 0.29) is 12.5 Å². The number of carbonyl (C=O) groups excluding carboxylic acids is 2. The predicted octanol–water partition coefficient (Wildman–Crippen LogP) is 3.70. The van der Waals surface area contributed by atoms with Crippen molar-refractivity contribution in [2.75, 3.05) is 11.9 Å². The molecule has 3 aromatic rings. The Labute approximate surface area is 131 Å². The predicted molar refractivity (Wildman–Crippen MR) is 87.2 cm³/mol. The van der Waals surface area contributed by atoms with E-state index in [1.165, 1.54) is 11.3 Å². The molecule has 1 N–H and O–H groups in total. The first-order valence-electron chi connectivity index (χ1n) is 6.72. The number of hydrogen-bond donors (Lipinski definition) is 1. The molecular formula is C17H13NO3S. The molecule has 0 bridgehead atoms. The molecule has 0 atom stereocenters. The Hall–Kier alpha value is -2.66. The summed E-state index contributed by atoms with van der Waals surface area (Å²) in [5, 5.41) is 6.64. The summed E-state index contributed by atoms with van der Waals surface area (Å²) in [5.74, 6) is -0.844. The fraction of sp³-hybridized carbons (Fsp3) is 0.0588. The summed E-state index contributed by atoms with van der Waals surface area (Å²) in [7, 11) is 0. The Bertz CT molecular complexity index is 812. The van der Waals surface area contributed by atoms with Crippen molar-refractivity contribution in [3.05, 3.63) is 64.9 Å². The molecule has 0 saturated heterocycles. The van der Waals surface area contributed by atoms with Gasteiger partial charge in [0, 0.05) is 5.69 Å². The van der Waals surface area contributed by atoms with Crippen molar-refractivity contribution in [2.24, 2.45) is 0 Å². The minimum Gasteiger partial charge on any atom is -0.451 e. The zero-order valence-corrected chi connectivity index (χ0v) is 12.4. The van der Waals surface area contributed by atoms with Gasteiger partial charge in [0.15, 0.2) is 6.61 Å². The van der Waals surface area contributed by atoms with Gasteiger partial charge in [-0.2, -0.15) is 0 Å². The maximum atomic E-state index is 11.8. The highest BCUT2D eigenvalue weighted by molar-refractivity contribution is 7.11. The maximum Gasteiger partial charge on any atom is 0.348 e. The van der Waals surface area contributed by atoms with Gasteiger partial charge in [-0.05, 0) is 34.4 Å². The fourth-order valence-corrected chi connectivity index (χ4v) is 2.68. The molecule has 5 heteroatoms. The van der Waals surface area contributed by atoms with Gasteiger partial charge in [0.05, 0.1) is 0 Å². The molecule has 0 unspecified atom stereocenters. The number of benzene rings is 2. The van der Waals surface area contributed by atoms with E-state index in [0.29, 0.717) is 10.6 Å². The van der Waals surface area contributed by atoms with Crippen LogP contribution in [0.5, 0.6) is 0 Å². The SMILES string of the molecule is O=C(COC(=O)c1cccs1)Nc1ccc2ccccc2c1. The van der Waals surface area contributed by atoms with Crippen molar-refractivity contribution in [3.8, 4) is 0 Å². The largest absolute Gasteiger partial charge is 0.451 e. The summed E-state index contributed by atoms with van der Waals surface area (Å²) in [6.45, 7) is -0.302. The first-order chi connectivity index (χ1) is 10.7. The number of fused-ring (bicyclic) bond motifs is 1. The summed E-state index contributed by atoms with van der Waals surface area (Å²) < 4.78 is 4.97. The van der Waals surface area contributed by atoms with Crippen LogP contribution in [-0.4, -0.2) is 18.5 Å². The van der Waals surface area contributed by atoms with Crippen LogP contribution in [0.1, 0.15) is 9.67 Å². The number of anilines is 1. The summed E-state index contributed by atoms with van der Waals surface area (Å²) >= 11 is 1.28. The van der Waals surface area contributed by atoms with E-state index in [4.69, 9.17) is 4.74 Å². The Kier molecular flexibility index (Phi) is 4.16. The molecule has 0 spiro atoms. The van der Waals surface area contributed by atoms with E-state index in [1.807, 2.05) is 42.5 Å². The van der Waals surface area contributed by atoms with Crippen molar-refractivity contribution in [1.82, 2.24) is 0 Å². The molecule has 1 aromatic heterocycles. The Morgan fingerprint density at radius 1 is 1.00 bits per heavy atom. The first kappa shape index (κ1) is 14.3. The molecule has 3 rings (SSSR count). The average Bonchev–Trinajstić information content (AvgIpc) is 3.07. The summed E-state index contributed by atoms with van der Waals surface area (Å²) in [4.78, 5) is 24.0. The third-order valence-corrected chi connectivity index (χ3v) is 3.94. The van der Waals surface area contributed by atoms with Crippen LogP contribution in [0.2, 0.25) is 0 Å². The van der Waals surface area contributed by atoms with Crippen LogP contribution in [-0.2, 0) is 9.53 Å². The second-order valence-electron chi connectivity index (χ2n) is 4.66. The number of hydrogen-bond acceptors (Lipinski definition) is 4. The molecule has 0 aliphatic heterocycles. The van der Waals surface area contributed by atoms with Crippen LogP contribution < -0.4 is 5.32 Å². The lowest BCUT2D eigenvalue weighted by atomic mass is 10.1. The molecule has 22 heavy (non-hydrogen) atoms. The van der Waals surface area contributed by atoms with Gasteiger partial charge in [-0.1, -0.05) is 36.4 Å². The molecule has 0 radical (unpaired) electrons. The van der Waals surface area contributed by atoms with Crippen molar-refractivity contribution >= 4 is 39.7 Å². The molecule has 1 heterocycles. The van der Waals surface area contributed by atoms with Crippen molar-refractivity contribution in [3.63, 3.8) is 0 Å². The topological polar surface area (TPSA) is 55.4 Å². The van der Waals surface area contributed by atoms with Gasteiger partial charge in [0.25, 0.3) is 5.91 Å². The van der Waals surface area contributed by atoms with Crippen LogP contribution >= 0.6 is 11.3 Å². The molecular weight excluding hydrogens is 298 g/mol. The number of nitrogens with one attached hydrogen (secondary N) is 1. The monoisotopic (exact) mass is 311 g/mol. The number of thiophene rings is 1. The summed E-state index contributed by atoms with van der Waals surface area (Å²) in [6.07, 6.45) is 0. The molecule has 110 valence electrons. The number of ether oxygens (including phenoxy) is 1. The standard InChI is InChI=1S/C17H13NO3S/c19-16(11-21-17(20)15-6-3-9-22-15)18-14-8-7-12-4-1-2-5-13(12)10-14/h1-10H,11H2,(H,18,19). The van der Waals surface area contributed by atoms with Crippen molar-refractivity contribution in [1.29, 1.82) is 0 Å². The van der Waals surface area contributed by atoms with Gasteiger partial charge >= 0.3 is 5.97 Å². The smallest absolute Gasteiger partial charge is 0.348 e. The third-order valence-electron chi connectivity index (χ3n) is 3.09. The molecule has 2 aromatic carbocycles. The number of esters is 1. The van der Waals surface area contributed by atoms with Gasteiger partial charge in [-0.3, -0.25) is 4.79 Å². The Balaban J connectivity index is 1.59. The lowest BCUT2D eigenvalue weighted by molar-refractivity contribution is -0.119. The molecule has 1 amide bonds. The van der Waals surface area contributed by atoms with Crippen LogP contribution in [0.25, 0.3) is 10.8 Å². The van der Waals surface area contributed by atoms with E-state index < -0.39 is 5.97 Å². The second-order valence-corrected chi connectivity index (χ2v) is 5.61. The molecule has 0 fully saturated rings. The minimum atomic E-state index is -0.483. The maximum absolute atomic E-state index is 11.8. The quantitative estimate of drug-likeness (QED) is 0.748. The van der Waals surface area contributed by atoms with E-state index in [2.05, 4.69) is 5.32 Å². The van der Waals surface area contributed by atoms with Gasteiger partial charge in [0.1, 0.15) is 4.88 Å². The highest BCUT2D eigenvalue weighted by Gasteiger charge is 2.11. The Morgan fingerprint density at radius 2 is 1.82 bits per heavy atom. The van der Waals surface area contributed by atoms with Crippen LogP contribution in [0.15, 0.2) is 60.0 Å². The average molecular weight is 311 g/mol. The molecule has 0 aliphatic carbocycles. The lowest BCUT2D eigenvalue weighted by Crippen LogP contribution is -2.20. The van der Waals surface area contributed by atoms with Gasteiger partial charge in [0.2, 0.25) is 0 Å². The third kappa shape index (κ3) is 3.32. The first-order valence-corrected chi connectivity index (χ1v) is 7.59. The van der Waals surface area contributed by atoms with Gasteiger partial charge < -0.3 is 10.1 Å².